The predicted octanol–water partition coefficient (Wildman–Crippen LogP) is 2.48. The van der Waals surface area contributed by atoms with Crippen molar-refractivity contribution in [2.45, 2.75) is 25.9 Å². The molecule has 1 atom stereocenters. The maximum atomic E-state index is 12.4. The van der Waals surface area contributed by atoms with Crippen molar-refractivity contribution in [2.24, 2.45) is 0 Å². The zero-order valence-electron chi connectivity index (χ0n) is 13.7. The average Bonchev–Trinajstić information content (AvgIpc) is 3.08. The van der Waals surface area contributed by atoms with Gasteiger partial charge in [-0.2, -0.15) is 0 Å². The molecule has 24 heavy (non-hydrogen) atoms. The molecule has 0 fully saturated rings. The first-order valence-electron chi connectivity index (χ1n) is 8.11. The van der Waals surface area contributed by atoms with Crippen LogP contribution in [0.2, 0.25) is 0 Å². The Kier molecular flexibility index (Phi) is 4.84. The largest absolute Gasteiger partial charge is 0.508 e. The highest BCUT2D eigenvalue weighted by Gasteiger charge is 2.19. The molecule has 2 N–H and O–H groups in total. The van der Waals surface area contributed by atoms with E-state index in [2.05, 4.69) is 16.4 Å². The first-order valence-corrected chi connectivity index (χ1v) is 8.11. The highest BCUT2D eigenvalue weighted by atomic mass is 16.3. The summed E-state index contributed by atoms with van der Waals surface area (Å²) in [6.07, 6.45) is 8.26. The Morgan fingerprint density at radius 1 is 1.38 bits per heavy atom. The second-order valence-electron chi connectivity index (χ2n) is 6.08. The number of phenolic OH excluding ortho intramolecular Hbond substituents is 1. The third kappa shape index (κ3) is 3.95. The van der Waals surface area contributed by atoms with Crippen LogP contribution in [0.1, 0.15) is 18.9 Å². The molecular weight excluding hydrogens is 304 g/mol. The van der Waals surface area contributed by atoms with E-state index in [0.29, 0.717) is 19.6 Å². The number of carbonyl (C=O) groups is 1. The Labute approximate surface area is 141 Å². The van der Waals surface area contributed by atoms with E-state index in [4.69, 9.17) is 0 Å². The molecule has 1 aliphatic rings. The van der Waals surface area contributed by atoms with Crippen molar-refractivity contribution in [1.29, 1.82) is 0 Å². The molecule has 2 amide bonds. The number of hydrogen-bond donors (Lipinski definition) is 2. The summed E-state index contributed by atoms with van der Waals surface area (Å²) in [6, 6.07) is 7.19. The number of aromatic hydroxyl groups is 1. The number of imidazole rings is 1. The Morgan fingerprint density at radius 3 is 2.79 bits per heavy atom. The van der Waals surface area contributed by atoms with Crippen LogP contribution in [0.15, 0.2) is 49.1 Å². The van der Waals surface area contributed by atoms with Crippen molar-refractivity contribution in [3.63, 3.8) is 0 Å². The smallest absolute Gasteiger partial charge is 0.317 e. The van der Waals surface area contributed by atoms with E-state index < -0.39 is 0 Å². The van der Waals surface area contributed by atoms with Gasteiger partial charge in [-0.15, -0.1) is 0 Å². The van der Waals surface area contributed by atoms with Gasteiger partial charge in [0.05, 0.1) is 6.33 Å². The fourth-order valence-corrected chi connectivity index (χ4v) is 2.85. The van der Waals surface area contributed by atoms with Crippen molar-refractivity contribution in [3.8, 4) is 5.75 Å². The quantitative estimate of drug-likeness (QED) is 0.907. The molecule has 0 saturated heterocycles. The number of benzene rings is 1. The first kappa shape index (κ1) is 16.1. The summed E-state index contributed by atoms with van der Waals surface area (Å²) in [5.74, 6) is 0.267. The summed E-state index contributed by atoms with van der Waals surface area (Å²) in [5.41, 5.74) is 2.31. The Hall–Kier alpha value is -2.76. The molecule has 0 unspecified atom stereocenters. The second kappa shape index (κ2) is 7.21. The molecule has 6 nitrogen and oxygen atoms in total. The van der Waals surface area contributed by atoms with E-state index in [1.54, 1.807) is 24.7 Å². The summed E-state index contributed by atoms with van der Waals surface area (Å²) in [5, 5.41) is 12.4. The maximum Gasteiger partial charge on any atom is 0.317 e. The van der Waals surface area contributed by atoms with Gasteiger partial charge < -0.3 is 19.9 Å². The van der Waals surface area contributed by atoms with Gasteiger partial charge in [0, 0.05) is 38.1 Å². The lowest BCUT2D eigenvalue weighted by atomic mass is 9.99. The summed E-state index contributed by atoms with van der Waals surface area (Å²) in [4.78, 5) is 18.2. The summed E-state index contributed by atoms with van der Waals surface area (Å²) < 4.78 is 1.95. The summed E-state index contributed by atoms with van der Waals surface area (Å²) >= 11 is 0. The monoisotopic (exact) mass is 326 g/mol. The van der Waals surface area contributed by atoms with Crippen LogP contribution >= 0.6 is 0 Å². The fraction of sp³-hybridized carbons (Fsp3) is 0.333. The van der Waals surface area contributed by atoms with Crippen molar-refractivity contribution in [2.75, 3.05) is 13.1 Å². The molecule has 0 aliphatic carbocycles. The topological polar surface area (TPSA) is 70.4 Å². The molecule has 2 aromatic rings. The Bertz CT molecular complexity index is 707. The maximum absolute atomic E-state index is 12.4. The van der Waals surface area contributed by atoms with Crippen LogP contribution in [0.5, 0.6) is 5.75 Å². The number of nitrogens with zero attached hydrogens (tertiary/aromatic N) is 3. The number of phenols is 1. The van der Waals surface area contributed by atoms with Gasteiger partial charge in [0.15, 0.2) is 0 Å². The summed E-state index contributed by atoms with van der Waals surface area (Å²) in [6.45, 7) is 3.98. The van der Waals surface area contributed by atoms with Crippen LogP contribution in [0.3, 0.4) is 0 Å². The zero-order chi connectivity index (χ0) is 16.9. The molecule has 1 aliphatic heterocycles. The van der Waals surface area contributed by atoms with Crippen molar-refractivity contribution in [3.05, 3.63) is 54.6 Å². The molecule has 3 rings (SSSR count). The molecule has 0 saturated carbocycles. The highest BCUT2D eigenvalue weighted by Crippen LogP contribution is 2.24. The van der Waals surface area contributed by atoms with Crippen LogP contribution < -0.4 is 5.32 Å². The van der Waals surface area contributed by atoms with E-state index in [9.17, 15) is 9.90 Å². The van der Waals surface area contributed by atoms with Crippen LogP contribution in [0.4, 0.5) is 4.79 Å². The van der Waals surface area contributed by atoms with Gasteiger partial charge in [-0.1, -0.05) is 18.2 Å². The van der Waals surface area contributed by atoms with E-state index >= 15 is 0 Å². The number of urea groups is 1. The number of hydrogen-bond acceptors (Lipinski definition) is 3. The molecule has 6 heteroatoms. The van der Waals surface area contributed by atoms with Gasteiger partial charge in [-0.3, -0.25) is 0 Å². The lowest BCUT2D eigenvalue weighted by molar-refractivity contribution is 0.198. The number of nitrogens with one attached hydrogen (secondary N) is 1. The van der Waals surface area contributed by atoms with Gasteiger partial charge >= 0.3 is 6.03 Å². The molecule has 0 spiro atoms. The molecule has 0 radical (unpaired) electrons. The van der Waals surface area contributed by atoms with Gasteiger partial charge in [0.1, 0.15) is 5.75 Å². The zero-order valence-corrected chi connectivity index (χ0v) is 13.7. The van der Waals surface area contributed by atoms with E-state index in [0.717, 1.165) is 12.0 Å². The van der Waals surface area contributed by atoms with Crippen LogP contribution in [0, 0.1) is 0 Å². The minimum atomic E-state index is -0.0383. The first-order chi connectivity index (χ1) is 11.6. The molecule has 1 aromatic carbocycles. The third-order valence-electron chi connectivity index (χ3n) is 4.15. The molecule has 2 heterocycles. The molecule has 1 aromatic heterocycles. The highest BCUT2D eigenvalue weighted by molar-refractivity contribution is 5.77. The normalized spacial score (nSPS) is 15.7. The Balaban J connectivity index is 1.53. The van der Waals surface area contributed by atoms with Crippen LogP contribution in [-0.2, 0) is 6.54 Å². The molecule has 126 valence electrons. The SMILES string of the molecule is C[C@H](Cn1ccnc1)NC(=O)N1CC=C(c2ccc(O)cc2)CC1. The minimum Gasteiger partial charge on any atom is -0.508 e. The van der Waals surface area contributed by atoms with E-state index in [-0.39, 0.29) is 17.8 Å². The molecular formula is C18H22N4O2. The predicted molar refractivity (Wildman–Crippen MR) is 92.5 cm³/mol. The Morgan fingerprint density at radius 2 is 2.17 bits per heavy atom. The third-order valence-corrected chi connectivity index (χ3v) is 4.15. The van der Waals surface area contributed by atoms with Crippen molar-refractivity contribution in [1.82, 2.24) is 19.8 Å². The van der Waals surface area contributed by atoms with E-state index in [1.807, 2.05) is 34.7 Å². The number of rotatable bonds is 4. The standard InChI is InChI=1S/C18H22N4O2/c1-14(12-21-11-8-19-13-21)20-18(24)22-9-6-16(7-10-22)15-2-4-17(23)5-3-15/h2-6,8,11,13-14,23H,7,9-10,12H2,1H3,(H,20,24)/t14-/m1/s1. The van der Waals surface area contributed by atoms with Crippen molar-refractivity contribution < 1.29 is 9.90 Å². The van der Waals surface area contributed by atoms with Gasteiger partial charge in [0.25, 0.3) is 0 Å². The molecule has 0 bridgehead atoms. The van der Waals surface area contributed by atoms with E-state index in [1.165, 1.54) is 5.57 Å². The number of carbonyl (C=O) groups excluding carboxylic acids is 1. The fourth-order valence-electron chi connectivity index (χ4n) is 2.85. The van der Waals surface area contributed by atoms with Crippen molar-refractivity contribution >= 4 is 11.6 Å². The number of amides is 2. The average molecular weight is 326 g/mol. The second-order valence-corrected chi connectivity index (χ2v) is 6.08. The van der Waals surface area contributed by atoms with Crippen LogP contribution in [-0.4, -0.2) is 44.7 Å². The number of aromatic nitrogens is 2. The minimum absolute atomic E-state index is 0.0363. The van der Waals surface area contributed by atoms with Gasteiger partial charge in [-0.25, -0.2) is 9.78 Å². The van der Waals surface area contributed by atoms with Gasteiger partial charge in [-0.05, 0) is 36.6 Å². The van der Waals surface area contributed by atoms with Crippen LogP contribution in [0.25, 0.3) is 5.57 Å². The lowest BCUT2D eigenvalue weighted by Gasteiger charge is -2.28. The lowest BCUT2D eigenvalue weighted by Crippen LogP contribution is -2.46. The van der Waals surface area contributed by atoms with Gasteiger partial charge in [0.2, 0.25) is 0 Å². The summed E-state index contributed by atoms with van der Waals surface area (Å²) in [7, 11) is 0.